The molecule has 0 unspecified atom stereocenters. The first-order valence-electron chi connectivity index (χ1n) is 6.94. The lowest BCUT2D eigenvalue weighted by molar-refractivity contribution is 0.864. The number of para-hydroxylation sites is 1. The Morgan fingerprint density at radius 1 is 1.05 bits per heavy atom. The van der Waals surface area contributed by atoms with Gasteiger partial charge in [0.25, 0.3) is 0 Å². The Kier molecular flexibility index (Phi) is 3.31. The molecule has 1 heteroatoms. The maximum absolute atomic E-state index is 4.22. The molecule has 2 aromatic carbocycles. The van der Waals surface area contributed by atoms with Crippen LogP contribution in [0.15, 0.2) is 60.8 Å². The van der Waals surface area contributed by atoms with Crippen molar-refractivity contribution in [2.45, 2.75) is 19.9 Å². The van der Waals surface area contributed by atoms with Crippen LogP contribution < -0.4 is 4.90 Å². The van der Waals surface area contributed by atoms with Crippen molar-refractivity contribution >= 4 is 5.69 Å². The average molecular weight is 259 g/mol. The van der Waals surface area contributed by atoms with Gasteiger partial charge in [0.05, 0.1) is 5.69 Å². The van der Waals surface area contributed by atoms with Gasteiger partial charge in [0.1, 0.15) is 0 Å². The molecule has 0 radical (unpaired) electrons. The zero-order chi connectivity index (χ0) is 13.9. The minimum Gasteiger partial charge on any atom is -0.340 e. The standard InChI is InChI=1S/C19H17N/c1-3-15(2)20-14-18-10-5-4-8-16(18)12-13-17-9-6-7-11-19(17)20/h4-11H,2-3,14H2,1H3. The highest BCUT2D eigenvalue weighted by atomic mass is 15.1. The van der Waals surface area contributed by atoms with Crippen molar-refractivity contribution in [3.05, 3.63) is 77.5 Å². The Labute approximate surface area is 120 Å². The van der Waals surface area contributed by atoms with Gasteiger partial charge in [-0.05, 0) is 30.2 Å². The number of fused-ring (bicyclic) bond motifs is 2. The largest absolute Gasteiger partial charge is 0.340 e. The summed E-state index contributed by atoms with van der Waals surface area (Å²) in [7, 11) is 0. The Bertz CT molecular complexity index is 716. The fourth-order valence-corrected chi connectivity index (χ4v) is 2.46. The molecular weight excluding hydrogens is 242 g/mol. The van der Waals surface area contributed by atoms with Crippen LogP contribution >= 0.6 is 0 Å². The molecule has 1 aliphatic rings. The highest BCUT2D eigenvalue weighted by Gasteiger charge is 2.16. The minimum atomic E-state index is 0.828. The zero-order valence-corrected chi connectivity index (χ0v) is 11.7. The molecule has 0 aliphatic carbocycles. The van der Waals surface area contributed by atoms with E-state index in [1.807, 2.05) is 12.1 Å². The van der Waals surface area contributed by atoms with Crippen molar-refractivity contribution in [1.29, 1.82) is 0 Å². The van der Waals surface area contributed by atoms with Gasteiger partial charge in [-0.3, -0.25) is 0 Å². The van der Waals surface area contributed by atoms with Gasteiger partial charge in [0.2, 0.25) is 0 Å². The molecule has 0 fully saturated rings. The summed E-state index contributed by atoms with van der Waals surface area (Å²) >= 11 is 0. The SMILES string of the molecule is C=C(CC)N1Cc2ccccc2C#Cc2ccccc21. The predicted octanol–water partition coefficient (Wildman–Crippen LogP) is 4.33. The summed E-state index contributed by atoms with van der Waals surface area (Å²) < 4.78 is 0. The Hall–Kier alpha value is -2.46. The third kappa shape index (κ3) is 2.21. The molecule has 20 heavy (non-hydrogen) atoms. The molecule has 1 heterocycles. The van der Waals surface area contributed by atoms with Gasteiger partial charge in [0.15, 0.2) is 0 Å². The van der Waals surface area contributed by atoms with Crippen molar-refractivity contribution in [2.75, 3.05) is 4.90 Å². The second kappa shape index (κ2) is 5.27. The lowest BCUT2D eigenvalue weighted by atomic mass is 10.0. The van der Waals surface area contributed by atoms with Crippen molar-refractivity contribution in [1.82, 2.24) is 0 Å². The van der Waals surface area contributed by atoms with Crippen LogP contribution in [0.4, 0.5) is 5.69 Å². The lowest BCUT2D eigenvalue weighted by Gasteiger charge is -2.29. The molecule has 0 bridgehead atoms. The van der Waals surface area contributed by atoms with Crippen LogP contribution in [0.5, 0.6) is 0 Å². The van der Waals surface area contributed by atoms with Crippen LogP contribution in [-0.2, 0) is 6.54 Å². The summed E-state index contributed by atoms with van der Waals surface area (Å²) in [5.41, 5.74) is 5.70. The van der Waals surface area contributed by atoms with Crippen LogP contribution in [0.1, 0.15) is 30.0 Å². The van der Waals surface area contributed by atoms with Gasteiger partial charge in [-0.1, -0.05) is 55.7 Å². The summed E-state index contributed by atoms with van der Waals surface area (Å²) in [4.78, 5) is 2.28. The van der Waals surface area contributed by atoms with E-state index in [2.05, 4.69) is 66.6 Å². The number of hydrogen-bond acceptors (Lipinski definition) is 1. The van der Waals surface area contributed by atoms with E-state index in [0.717, 1.165) is 35.5 Å². The number of allylic oxidation sites excluding steroid dienone is 1. The molecule has 0 N–H and O–H groups in total. The first-order valence-corrected chi connectivity index (χ1v) is 6.94. The minimum absolute atomic E-state index is 0.828. The average Bonchev–Trinajstić information content (AvgIpc) is 2.49. The van der Waals surface area contributed by atoms with Gasteiger partial charge >= 0.3 is 0 Å². The van der Waals surface area contributed by atoms with Crippen LogP contribution in [0.2, 0.25) is 0 Å². The quantitative estimate of drug-likeness (QED) is 0.726. The fraction of sp³-hybridized carbons (Fsp3) is 0.158. The Morgan fingerprint density at radius 2 is 1.70 bits per heavy atom. The summed E-state index contributed by atoms with van der Waals surface area (Å²) in [5.74, 6) is 6.59. The van der Waals surface area contributed by atoms with Gasteiger partial charge in [-0.15, -0.1) is 0 Å². The topological polar surface area (TPSA) is 3.24 Å². The Morgan fingerprint density at radius 3 is 2.50 bits per heavy atom. The first kappa shape index (κ1) is 12.6. The molecule has 0 atom stereocenters. The Balaban J connectivity index is 2.20. The van der Waals surface area contributed by atoms with E-state index in [1.165, 1.54) is 5.56 Å². The number of anilines is 1. The number of rotatable bonds is 2. The van der Waals surface area contributed by atoms with Crippen LogP contribution in [0.25, 0.3) is 0 Å². The van der Waals surface area contributed by atoms with Crippen LogP contribution in [0, 0.1) is 11.8 Å². The molecule has 2 aromatic rings. The summed E-state index contributed by atoms with van der Waals surface area (Å²) in [6, 6.07) is 16.6. The van der Waals surface area contributed by atoms with E-state index in [4.69, 9.17) is 0 Å². The zero-order valence-electron chi connectivity index (χ0n) is 11.7. The molecule has 0 saturated carbocycles. The van der Waals surface area contributed by atoms with Crippen LogP contribution in [-0.4, -0.2) is 0 Å². The van der Waals surface area contributed by atoms with Gasteiger partial charge < -0.3 is 4.90 Å². The van der Waals surface area contributed by atoms with E-state index >= 15 is 0 Å². The molecule has 1 nitrogen and oxygen atoms in total. The predicted molar refractivity (Wildman–Crippen MR) is 84.5 cm³/mol. The van der Waals surface area contributed by atoms with Crippen molar-refractivity contribution in [3.63, 3.8) is 0 Å². The molecular formula is C19H17N. The fourth-order valence-electron chi connectivity index (χ4n) is 2.46. The monoisotopic (exact) mass is 259 g/mol. The van der Waals surface area contributed by atoms with E-state index in [9.17, 15) is 0 Å². The number of hydrogen-bond donors (Lipinski definition) is 0. The van der Waals surface area contributed by atoms with Gasteiger partial charge in [-0.25, -0.2) is 0 Å². The third-order valence-electron chi connectivity index (χ3n) is 3.66. The van der Waals surface area contributed by atoms with Gasteiger partial charge in [-0.2, -0.15) is 0 Å². The molecule has 0 spiro atoms. The molecule has 0 saturated heterocycles. The summed E-state index contributed by atoms with van der Waals surface area (Å²) in [5, 5.41) is 0. The van der Waals surface area contributed by atoms with Crippen molar-refractivity contribution in [3.8, 4) is 11.8 Å². The van der Waals surface area contributed by atoms with Crippen molar-refractivity contribution < 1.29 is 0 Å². The van der Waals surface area contributed by atoms with E-state index in [-0.39, 0.29) is 0 Å². The molecule has 0 aromatic heterocycles. The lowest BCUT2D eigenvalue weighted by Crippen LogP contribution is -2.23. The molecule has 3 rings (SSSR count). The van der Waals surface area contributed by atoms with Crippen molar-refractivity contribution in [2.24, 2.45) is 0 Å². The number of benzene rings is 2. The molecule has 1 aliphatic heterocycles. The summed E-state index contributed by atoms with van der Waals surface area (Å²) in [6.45, 7) is 7.19. The summed E-state index contributed by atoms with van der Waals surface area (Å²) in [6.07, 6.45) is 0.934. The van der Waals surface area contributed by atoms with Crippen LogP contribution in [0.3, 0.4) is 0 Å². The maximum atomic E-state index is 4.22. The number of nitrogens with zero attached hydrogens (tertiary/aromatic N) is 1. The first-order chi connectivity index (χ1) is 9.79. The normalized spacial score (nSPS) is 12.3. The van der Waals surface area contributed by atoms with E-state index in [0.29, 0.717) is 0 Å². The smallest absolute Gasteiger partial charge is 0.0570 e. The second-order valence-electron chi connectivity index (χ2n) is 4.93. The molecule has 0 amide bonds. The third-order valence-corrected chi connectivity index (χ3v) is 3.66. The van der Waals surface area contributed by atoms with E-state index in [1.54, 1.807) is 0 Å². The van der Waals surface area contributed by atoms with E-state index < -0.39 is 0 Å². The van der Waals surface area contributed by atoms with Gasteiger partial charge in [0, 0.05) is 23.4 Å². The molecule has 98 valence electrons. The second-order valence-corrected chi connectivity index (χ2v) is 4.93. The highest BCUT2D eigenvalue weighted by Crippen LogP contribution is 2.28. The maximum Gasteiger partial charge on any atom is 0.0570 e. The highest BCUT2D eigenvalue weighted by molar-refractivity contribution is 5.66.